The molecule has 2 aromatic carbocycles. The Hall–Kier alpha value is -3.28. The zero-order valence-electron chi connectivity index (χ0n) is 14.1. The van der Waals surface area contributed by atoms with Gasteiger partial charge in [0.2, 0.25) is 5.91 Å². The van der Waals surface area contributed by atoms with Gasteiger partial charge in [-0.25, -0.2) is 9.97 Å². The fourth-order valence-electron chi connectivity index (χ4n) is 2.57. The molecular formula is C19H18N4O2. The van der Waals surface area contributed by atoms with E-state index in [0.717, 1.165) is 10.9 Å². The summed E-state index contributed by atoms with van der Waals surface area (Å²) in [5.74, 6) is 0.529. The van der Waals surface area contributed by atoms with Gasteiger partial charge >= 0.3 is 0 Å². The normalized spacial score (nSPS) is 10.5. The third-order valence-corrected chi connectivity index (χ3v) is 3.84. The molecule has 126 valence electrons. The number of amides is 1. The van der Waals surface area contributed by atoms with E-state index in [2.05, 4.69) is 15.3 Å². The molecule has 25 heavy (non-hydrogen) atoms. The first-order valence-corrected chi connectivity index (χ1v) is 7.86. The zero-order chi connectivity index (χ0) is 17.8. The van der Waals surface area contributed by atoms with Gasteiger partial charge in [0.15, 0.2) is 5.78 Å². The molecular weight excluding hydrogens is 316 g/mol. The lowest BCUT2D eigenvalue weighted by Gasteiger charge is -2.19. The van der Waals surface area contributed by atoms with E-state index in [9.17, 15) is 9.59 Å². The highest BCUT2D eigenvalue weighted by Gasteiger charge is 2.12. The molecule has 3 rings (SSSR count). The second-order valence-electron chi connectivity index (χ2n) is 5.75. The number of ketones is 1. The van der Waals surface area contributed by atoms with Crippen molar-refractivity contribution in [2.75, 3.05) is 23.8 Å². The Bertz CT molecular complexity index is 917. The molecule has 0 saturated heterocycles. The Morgan fingerprint density at radius 3 is 2.48 bits per heavy atom. The number of para-hydroxylation sites is 1. The standard InChI is InChI=1S/C19H18N4O2/c1-13(24)14-7-9-15(10-8-14)22-18(25)11-23(2)19-16-5-3-4-6-17(16)20-12-21-19/h3-10,12H,11H2,1-2H3,(H,22,25). The summed E-state index contributed by atoms with van der Waals surface area (Å²) in [5, 5.41) is 3.72. The number of rotatable bonds is 5. The van der Waals surface area contributed by atoms with Gasteiger partial charge in [0, 0.05) is 23.7 Å². The molecule has 1 N–H and O–H groups in total. The Morgan fingerprint density at radius 1 is 1.04 bits per heavy atom. The second-order valence-corrected chi connectivity index (χ2v) is 5.75. The molecule has 6 nitrogen and oxygen atoms in total. The molecule has 1 aromatic heterocycles. The van der Waals surface area contributed by atoms with Gasteiger partial charge in [-0.3, -0.25) is 9.59 Å². The van der Waals surface area contributed by atoms with Gasteiger partial charge in [-0.15, -0.1) is 0 Å². The molecule has 1 heterocycles. The topological polar surface area (TPSA) is 75.2 Å². The molecule has 0 atom stereocenters. The summed E-state index contributed by atoms with van der Waals surface area (Å²) in [6.07, 6.45) is 1.49. The molecule has 0 aliphatic carbocycles. The first-order valence-electron chi connectivity index (χ1n) is 7.86. The van der Waals surface area contributed by atoms with Crippen LogP contribution in [0, 0.1) is 0 Å². The minimum Gasteiger partial charge on any atom is -0.350 e. The van der Waals surface area contributed by atoms with Crippen molar-refractivity contribution < 1.29 is 9.59 Å². The number of aromatic nitrogens is 2. The smallest absolute Gasteiger partial charge is 0.243 e. The van der Waals surface area contributed by atoms with Crippen LogP contribution in [0.15, 0.2) is 54.9 Å². The summed E-state index contributed by atoms with van der Waals surface area (Å²) in [6, 6.07) is 14.5. The number of anilines is 2. The quantitative estimate of drug-likeness (QED) is 0.726. The Morgan fingerprint density at radius 2 is 1.76 bits per heavy atom. The van der Waals surface area contributed by atoms with Gasteiger partial charge in [0.05, 0.1) is 12.1 Å². The van der Waals surface area contributed by atoms with E-state index in [-0.39, 0.29) is 18.2 Å². The molecule has 0 saturated carbocycles. The van der Waals surface area contributed by atoms with Gasteiger partial charge in [-0.1, -0.05) is 12.1 Å². The van der Waals surface area contributed by atoms with E-state index in [1.807, 2.05) is 31.3 Å². The van der Waals surface area contributed by atoms with Gasteiger partial charge in [-0.2, -0.15) is 0 Å². The number of carbonyl (C=O) groups is 2. The fourth-order valence-corrected chi connectivity index (χ4v) is 2.57. The average molecular weight is 334 g/mol. The van der Waals surface area contributed by atoms with Crippen molar-refractivity contribution >= 4 is 34.1 Å². The van der Waals surface area contributed by atoms with Crippen molar-refractivity contribution in [3.63, 3.8) is 0 Å². The molecule has 3 aromatic rings. The maximum atomic E-state index is 12.3. The molecule has 6 heteroatoms. The van der Waals surface area contributed by atoms with E-state index in [0.29, 0.717) is 17.1 Å². The predicted molar refractivity (Wildman–Crippen MR) is 97.9 cm³/mol. The van der Waals surface area contributed by atoms with E-state index in [4.69, 9.17) is 0 Å². The van der Waals surface area contributed by atoms with Gasteiger partial charge in [-0.05, 0) is 43.3 Å². The molecule has 1 amide bonds. The van der Waals surface area contributed by atoms with Crippen molar-refractivity contribution in [2.24, 2.45) is 0 Å². The summed E-state index contributed by atoms with van der Waals surface area (Å²) in [7, 11) is 1.81. The van der Waals surface area contributed by atoms with Crippen LogP contribution >= 0.6 is 0 Å². The molecule has 0 aliphatic rings. The van der Waals surface area contributed by atoms with Crippen LogP contribution in [0.1, 0.15) is 17.3 Å². The number of nitrogens with one attached hydrogen (secondary N) is 1. The fraction of sp³-hybridized carbons (Fsp3) is 0.158. The zero-order valence-corrected chi connectivity index (χ0v) is 14.1. The van der Waals surface area contributed by atoms with Crippen molar-refractivity contribution in [3.8, 4) is 0 Å². The molecule has 0 aliphatic heterocycles. The number of likely N-dealkylation sites (N-methyl/N-ethyl adjacent to an activating group) is 1. The lowest BCUT2D eigenvalue weighted by atomic mass is 10.1. The van der Waals surface area contributed by atoms with Crippen LogP contribution in [0.5, 0.6) is 0 Å². The molecule has 0 unspecified atom stereocenters. The SMILES string of the molecule is CC(=O)c1ccc(NC(=O)CN(C)c2ncnc3ccccc23)cc1. The molecule has 0 fully saturated rings. The number of benzene rings is 2. The van der Waals surface area contributed by atoms with Crippen molar-refractivity contribution in [1.29, 1.82) is 0 Å². The van der Waals surface area contributed by atoms with Gasteiger partial charge in [0.25, 0.3) is 0 Å². The van der Waals surface area contributed by atoms with E-state index in [1.165, 1.54) is 13.3 Å². The highest BCUT2D eigenvalue weighted by Crippen LogP contribution is 2.21. The van der Waals surface area contributed by atoms with Crippen LogP contribution in [0.4, 0.5) is 11.5 Å². The predicted octanol–water partition coefficient (Wildman–Crippen LogP) is 2.91. The maximum Gasteiger partial charge on any atom is 0.243 e. The van der Waals surface area contributed by atoms with Crippen molar-refractivity contribution in [2.45, 2.75) is 6.92 Å². The Kier molecular flexibility index (Phi) is 4.70. The van der Waals surface area contributed by atoms with Gasteiger partial charge < -0.3 is 10.2 Å². The number of hydrogen-bond donors (Lipinski definition) is 1. The first kappa shape index (κ1) is 16.6. The lowest BCUT2D eigenvalue weighted by Crippen LogP contribution is -2.30. The lowest BCUT2D eigenvalue weighted by molar-refractivity contribution is -0.114. The van der Waals surface area contributed by atoms with Crippen LogP contribution < -0.4 is 10.2 Å². The van der Waals surface area contributed by atoms with Crippen LogP contribution in [0.3, 0.4) is 0 Å². The molecule has 0 spiro atoms. The second kappa shape index (κ2) is 7.09. The van der Waals surface area contributed by atoms with E-state index >= 15 is 0 Å². The third kappa shape index (κ3) is 3.80. The Balaban J connectivity index is 1.70. The van der Waals surface area contributed by atoms with Crippen LogP contribution in [0.25, 0.3) is 10.9 Å². The number of carbonyl (C=O) groups excluding carboxylic acids is 2. The first-order chi connectivity index (χ1) is 12.0. The Labute approximate surface area is 145 Å². The van der Waals surface area contributed by atoms with E-state index in [1.54, 1.807) is 29.2 Å². The van der Waals surface area contributed by atoms with Crippen LogP contribution in [-0.2, 0) is 4.79 Å². The maximum absolute atomic E-state index is 12.3. The summed E-state index contributed by atoms with van der Waals surface area (Å²) < 4.78 is 0. The molecule has 0 radical (unpaired) electrons. The van der Waals surface area contributed by atoms with Gasteiger partial charge in [0.1, 0.15) is 12.1 Å². The monoisotopic (exact) mass is 334 g/mol. The number of hydrogen-bond acceptors (Lipinski definition) is 5. The molecule has 0 bridgehead atoms. The van der Waals surface area contributed by atoms with Crippen LogP contribution in [-0.4, -0.2) is 35.3 Å². The minimum absolute atomic E-state index is 0.00625. The summed E-state index contributed by atoms with van der Waals surface area (Å²) in [4.78, 5) is 33.9. The largest absolute Gasteiger partial charge is 0.350 e. The van der Waals surface area contributed by atoms with Crippen molar-refractivity contribution in [1.82, 2.24) is 9.97 Å². The average Bonchev–Trinajstić information content (AvgIpc) is 2.61. The summed E-state index contributed by atoms with van der Waals surface area (Å²) in [6.45, 7) is 1.66. The highest BCUT2D eigenvalue weighted by molar-refractivity contribution is 5.97. The third-order valence-electron chi connectivity index (χ3n) is 3.84. The highest BCUT2D eigenvalue weighted by atomic mass is 16.2. The number of fused-ring (bicyclic) bond motifs is 1. The number of nitrogens with zero attached hydrogens (tertiary/aromatic N) is 3. The minimum atomic E-state index is -0.166. The van der Waals surface area contributed by atoms with Crippen LogP contribution in [0.2, 0.25) is 0 Å². The summed E-state index contributed by atoms with van der Waals surface area (Å²) in [5.41, 5.74) is 2.10. The van der Waals surface area contributed by atoms with Crippen molar-refractivity contribution in [3.05, 3.63) is 60.4 Å². The number of Topliss-reactive ketones (excluding diaryl/α,β-unsaturated/α-hetero) is 1. The van der Waals surface area contributed by atoms with E-state index < -0.39 is 0 Å². The summed E-state index contributed by atoms with van der Waals surface area (Å²) >= 11 is 0.